The number of oxime groups is 1. The summed E-state index contributed by atoms with van der Waals surface area (Å²) in [6, 6.07) is -0.840. The number of aromatic nitrogens is 1. The van der Waals surface area contributed by atoms with Gasteiger partial charge in [0, 0.05) is 11.9 Å². The summed E-state index contributed by atoms with van der Waals surface area (Å²) in [5.74, 6) is -1.85. The van der Waals surface area contributed by atoms with Crippen molar-refractivity contribution in [1.82, 2.24) is 15.2 Å². The lowest BCUT2D eigenvalue weighted by Crippen LogP contribution is -2.70. The van der Waals surface area contributed by atoms with Gasteiger partial charge < -0.3 is 21.0 Å². The molecular formula is C13H13N5O5S2. The Morgan fingerprint density at radius 2 is 2.32 bits per heavy atom. The van der Waals surface area contributed by atoms with Gasteiger partial charge in [-0.1, -0.05) is 16.5 Å². The quantitative estimate of drug-likeness (QED) is 0.348. The normalized spacial score (nSPS) is 22.6. The summed E-state index contributed by atoms with van der Waals surface area (Å²) in [6.45, 7) is 0. The number of hydrogen-bond acceptors (Lipinski definition) is 9. The summed E-state index contributed by atoms with van der Waals surface area (Å²) in [5.41, 5.74) is 5.43. The minimum atomic E-state index is -1.18. The second-order valence-electron chi connectivity index (χ2n) is 4.96. The van der Waals surface area contributed by atoms with Crippen molar-refractivity contribution >= 4 is 51.7 Å². The van der Waals surface area contributed by atoms with Crippen LogP contribution in [0.15, 0.2) is 23.1 Å². The number of aliphatic carboxylic acids is 1. The third kappa shape index (κ3) is 3.05. The molecule has 0 unspecified atom stereocenters. The zero-order valence-corrected chi connectivity index (χ0v) is 14.5. The zero-order chi connectivity index (χ0) is 18.1. The van der Waals surface area contributed by atoms with E-state index >= 15 is 0 Å². The maximum absolute atomic E-state index is 12.5. The Morgan fingerprint density at radius 3 is 2.92 bits per heavy atom. The number of nitrogen functional groups attached to an aromatic ring is 1. The van der Waals surface area contributed by atoms with Crippen LogP contribution in [0, 0.1) is 0 Å². The molecular weight excluding hydrogens is 370 g/mol. The van der Waals surface area contributed by atoms with Crippen LogP contribution in [0.2, 0.25) is 0 Å². The summed E-state index contributed by atoms with van der Waals surface area (Å²) < 4.78 is 0. The summed E-state index contributed by atoms with van der Waals surface area (Å²) in [4.78, 5) is 46.0. The Balaban J connectivity index is 1.75. The van der Waals surface area contributed by atoms with Gasteiger partial charge in [0.2, 0.25) is 0 Å². The largest absolute Gasteiger partial charge is 0.477 e. The number of amides is 2. The van der Waals surface area contributed by atoms with Gasteiger partial charge in [0.1, 0.15) is 24.2 Å². The fourth-order valence-corrected chi connectivity index (χ4v) is 4.29. The average Bonchev–Trinajstić information content (AvgIpc) is 3.02. The number of thiazole rings is 1. The second-order valence-corrected chi connectivity index (χ2v) is 7.17. The maximum atomic E-state index is 12.5. The van der Waals surface area contributed by atoms with Crippen molar-refractivity contribution in [3.05, 3.63) is 22.8 Å². The molecule has 1 fully saturated rings. The van der Waals surface area contributed by atoms with E-state index in [2.05, 4.69) is 20.3 Å². The Labute approximate surface area is 149 Å². The number of nitrogens with two attached hydrogens (primary N) is 1. The zero-order valence-electron chi connectivity index (χ0n) is 12.8. The number of thioether (sulfide) groups is 1. The minimum absolute atomic E-state index is 0.0576. The Morgan fingerprint density at radius 1 is 1.56 bits per heavy atom. The highest BCUT2D eigenvalue weighted by Gasteiger charge is 2.53. The lowest BCUT2D eigenvalue weighted by atomic mass is 10.0. The van der Waals surface area contributed by atoms with Gasteiger partial charge >= 0.3 is 5.97 Å². The average molecular weight is 383 g/mol. The third-order valence-electron chi connectivity index (χ3n) is 3.51. The molecule has 1 aromatic heterocycles. The van der Waals surface area contributed by atoms with Gasteiger partial charge in [-0.05, 0) is 6.08 Å². The van der Waals surface area contributed by atoms with E-state index in [-0.39, 0.29) is 16.5 Å². The highest BCUT2D eigenvalue weighted by Crippen LogP contribution is 2.37. The number of carboxylic acids is 1. The molecule has 0 aromatic carbocycles. The summed E-state index contributed by atoms with van der Waals surface area (Å²) in [7, 11) is 1.29. The molecule has 0 radical (unpaired) electrons. The molecule has 2 amide bonds. The predicted octanol–water partition coefficient (Wildman–Crippen LogP) is -0.556. The molecule has 12 heteroatoms. The Hall–Kier alpha value is -2.60. The first-order valence-electron chi connectivity index (χ1n) is 6.96. The van der Waals surface area contributed by atoms with Gasteiger partial charge in [0.15, 0.2) is 10.8 Å². The highest BCUT2D eigenvalue weighted by molar-refractivity contribution is 8.00. The van der Waals surface area contributed by atoms with Crippen LogP contribution in [0.4, 0.5) is 5.13 Å². The van der Waals surface area contributed by atoms with Crippen LogP contribution in [0.25, 0.3) is 0 Å². The number of fused-ring (bicyclic) bond motifs is 1. The van der Waals surface area contributed by atoms with Crippen LogP contribution in [0.5, 0.6) is 0 Å². The number of carboxylic acid groups (broad SMARTS) is 1. The topological polar surface area (TPSA) is 147 Å². The van der Waals surface area contributed by atoms with Gasteiger partial charge in [-0.3, -0.25) is 14.5 Å². The fraction of sp³-hybridized carbons (Fsp3) is 0.308. The molecule has 1 aromatic rings. The van der Waals surface area contributed by atoms with Crippen molar-refractivity contribution in [3.63, 3.8) is 0 Å². The first-order valence-corrected chi connectivity index (χ1v) is 8.82. The Kier molecular flexibility index (Phi) is 4.63. The minimum Gasteiger partial charge on any atom is -0.477 e. The SMILES string of the molecule is CON=C(C(=O)N[C@H]1C(=O)N2C(C(=O)O)=CCS[C@@H]12)c1cnc(N)s1. The van der Waals surface area contributed by atoms with Crippen LogP contribution in [0.3, 0.4) is 0 Å². The molecule has 0 saturated carbocycles. The molecule has 132 valence electrons. The molecule has 2 aliphatic rings. The van der Waals surface area contributed by atoms with E-state index < -0.39 is 29.2 Å². The van der Waals surface area contributed by atoms with E-state index in [1.54, 1.807) is 0 Å². The third-order valence-corrected chi connectivity index (χ3v) is 5.52. The molecule has 2 atom stereocenters. The van der Waals surface area contributed by atoms with Crippen LogP contribution in [-0.4, -0.2) is 62.8 Å². The van der Waals surface area contributed by atoms with E-state index in [1.807, 2.05) is 0 Å². The van der Waals surface area contributed by atoms with E-state index in [0.717, 1.165) is 11.3 Å². The fourth-order valence-electron chi connectivity index (χ4n) is 2.43. The molecule has 1 saturated heterocycles. The van der Waals surface area contributed by atoms with Crippen molar-refractivity contribution < 1.29 is 24.3 Å². The van der Waals surface area contributed by atoms with Crippen molar-refractivity contribution in [3.8, 4) is 0 Å². The van der Waals surface area contributed by atoms with Crippen molar-refractivity contribution in [2.75, 3.05) is 18.6 Å². The van der Waals surface area contributed by atoms with Crippen LogP contribution >= 0.6 is 23.1 Å². The van der Waals surface area contributed by atoms with Crippen LogP contribution in [-0.2, 0) is 19.2 Å². The highest BCUT2D eigenvalue weighted by atomic mass is 32.2. The monoisotopic (exact) mass is 383 g/mol. The Bertz CT molecular complexity index is 804. The van der Waals surface area contributed by atoms with E-state index in [1.165, 1.54) is 36.0 Å². The van der Waals surface area contributed by atoms with Gasteiger partial charge in [-0.25, -0.2) is 9.78 Å². The van der Waals surface area contributed by atoms with Gasteiger partial charge in [-0.15, -0.1) is 11.8 Å². The van der Waals surface area contributed by atoms with Gasteiger partial charge in [-0.2, -0.15) is 0 Å². The first kappa shape index (κ1) is 17.2. The number of nitrogens with one attached hydrogen (secondary N) is 1. The van der Waals surface area contributed by atoms with Gasteiger partial charge in [0.25, 0.3) is 11.8 Å². The lowest BCUT2D eigenvalue weighted by Gasteiger charge is -2.48. The first-order chi connectivity index (χ1) is 11.9. The molecule has 3 heterocycles. The van der Waals surface area contributed by atoms with E-state index in [0.29, 0.717) is 10.6 Å². The molecule has 0 spiro atoms. The molecule has 10 nitrogen and oxygen atoms in total. The summed E-state index contributed by atoms with van der Waals surface area (Å²) >= 11 is 2.42. The van der Waals surface area contributed by atoms with E-state index in [9.17, 15) is 14.4 Å². The number of β-lactam (4-membered cyclic amide) rings is 1. The van der Waals surface area contributed by atoms with Gasteiger partial charge in [0.05, 0.1) is 4.88 Å². The number of anilines is 1. The number of carbonyl (C=O) groups is 3. The van der Waals surface area contributed by atoms with Crippen molar-refractivity contribution in [1.29, 1.82) is 0 Å². The summed E-state index contributed by atoms with van der Waals surface area (Å²) in [5, 5.41) is 15.2. The second kappa shape index (κ2) is 6.72. The predicted molar refractivity (Wildman–Crippen MR) is 90.8 cm³/mol. The molecule has 25 heavy (non-hydrogen) atoms. The smallest absolute Gasteiger partial charge is 0.352 e. The number of carbonyl (C=O) groups excluding carboxylic acids is 2. The van der Waals surface area contributed by atoms with Crippen LogP contribution < -0.4 is 11.1 Å². The van der Waals surface area contributed by atoms with Crippen molar-refractivity contribution in [2.24, 2.45) is 5.16 Å². The molecule has 4 N–H and O–H groups in total. The maximum Gasteiger partial charge on any atom is 0.352 e. The van der Waals surface area contributed by atoms with Crippen molar-refractivity contribution in [2.45, 2.75) is 11.4 Å². The molecule has 0 aliphatic carbocycles. The van der Waals surface area contributed by atoms with E-state index in [4.69, 9.17) is 10.8 Å². The number of nitrogens with zero attached hydrogens (tertiary/aromatic N) is 3. The number of hydrogen-bond donors (Lipinski definition) is 3. The lowest BCUT2D eigenvalue weighted by molar-refractivity contribution is -0.150. The number of rotatable bonds is 5. The molecule has 3 rings (SSSR count). The molecule has 2 aliphatic heterocycles. The van der Waals surface area contributed by atoms with Crippen LogP contribution in [0.1, 0.15) is 4.88 Å². The molecule has 0 bridgehead atoms. The summed E-state index contributed by atoms with van der Waals surface area (Å²) in [6.07, 6.45) is 2.85. The standard InChI is InChI=1S/C13H13N5O5S2/c1-23-17-7(6-4-15-13(14)25-6)9(19)16-8-10(20)18-5(12(21)22)2-3-24-11(8)18/h2,4,8,11H,3H2,1H3,(H2,14,15)(H,16,19)(H,21,22)/t8-,11-/m0/s1.